The molecule has 0 aliphatic carbocycles. The van der Waals surface area contributed by atoms with Crippen LogP contribution in [0.4, 0.5) is 0 Å². The van der Waals surface area contributed by atoms with Crippen molar-refractivity contribution in [2.24, 2.45) is 0 Å². The molecule has 94 valence electrons. The molecule has 0 saturated carbocycles. The number of nitrogens with one attached hydrogen (secondary N) is 1. The van der Waals surface area contributed by atoms with Crippen LogP contribution in [0.1, 0.15) is 24.1 Å². The average molecular weight is 260 g/mol. The van der Waals surface area contributed by atoms with Gasteiger partial charge in [0.05, 0.1) is 0 Å². The van der Waals surface area contributed by atoms with Gasteiger partial charge in [-0.3, -0.25) is 0 Å². The summed E-state index contributed by atoms with van der Waals surface area (Å²) in [6.45, 7) is 3.10. The van der Waals surface area contributed by atoms with Crippen LogP contribution >= 0.6 is 11.6 Å². The van der Waals surface area contributed by atoms with Crippen molar-refractivity contribution in [3.63, 3.8) is 0 Å². The Morgan fingerprint density at radius 3 is 2.39 bits per heavy atom. The topological polar surface area (TPSA) is 12.0 Å². The van der Waals surface area contributed by atoms with Gasteiger partial charge in [-0.2, -0.15) is 0 Å². The molecule has 0 radical (unpaired) electrons. The first-order valence-corrected chi connectivity index (χ1v) is 6.67. The van der Waals surface area contributed by atoms with Gasteiger partial charge < -0.3 is 5.32 Å². The monoisotopic (exact) mass is 259 g/mol. The van der Waals surface area contributed by atoms with Crippen LogP contribution in [0.15, 0.2) is 54.6 Å². The lowest BCUT2D eigenvalue weighted by atomic mass is 10.1. The van der Waals surface area contributed by atoms with Crippen molar-refractivity contribution < 1.29 is 0 Å². The van der Waals surface area contributed by atoms with Crippen LogP contribution in [0.3, 0.4) is 0 Å². The molecule has 0 heterocycles. The van der Waals surface area contributed by atoms with E-state index in [1.54, 1.807) is 0 Å². The maximum Gasteiger partial charge on any atom is 0.0453 e. The molecule has 1 nitrogen and oxygen atoms in total. The standard InChI is InChI=1S/C16H18ClN/c1-13(15-9-5-6-10-16(15)17)18-12-11-14-7-3-2-4-8-14/h2-10,13,18H,11-12H2,1H3. The Morgan fingerprint density at radius 1 is 1.00 bits per heavy atom. The summed E-state index contributed by atoms with van der Waals surface area (Å²) in [4.78, 5) is 0. The van der Waals surface area contributed by atoms with Crippen LogP contribution < -0.4 is 5.32 Å². The van der Waals surface area contributed by atoms with E-state index < -0.39 is 0 Å². The van der Waals surface area contributed by atoms with E-state index in [-0.39, 0.29) is 6.04 Å². The molecule has 2 aromatic rings. The van der Waals surface area contributed by atoms with Gasteiger partial charge in [-0.05, 0) is 37.1 Å². The van der Waals surface area contributed by atoms with Gasteiger partial charge in [0.15, 0.2) is 0 Å². The minimum absolute atomic E-state index is 0.280. The van der Waals surface area contributed by atoms with Crippen LogP contribution in [0.5, 0.6) is 0 Å². The van der Waals surface area contributed by atoms with Gasteiger partial charge in [-0.25, -0.2) is 0 Å². The first kappa shape index (κ1) is 13.1. The Kier molecular flexibility index (Phi) is 4.80. The van der Waals surface area contributed by atoms with Gasteiger partial charge in [0, 0.05) is 11.1 Å². The fraction of sp³-hybridized carbons (Fsp3) is 0.250. The molecule has 0 fully saturated rings. The first-order valence-electron chi connectivity index (χ1n) is 6.29. The van der Waals surface area contributed by atoms with E-state index in [9.17, 15) is 0 Å². The first-order chi connectivity index (χ1) is 8.77. The number of halogens is 1. The Bertz CT molecular complexity index is 481. The summed E-state index contributed by atoms with van der Waals surface area (Å²) in [6, 6.07) is 18.8. The van der Waals surface area contributed by atoms with E-state index in [1.807, 2.05) is 24.3 Å². The van der Waals surface area contributed by atoms with Crippen molar-refractivity contribution in [1.82, 2.24) is 5.32 Å². The second kappa shape index (κ2) is 6.58. The Labute approximate surface area is 114 Å². The number of hydrogen-bond acceptors (Lipinski definition) is 1. The third kappa shape index (κ3) is 3.59. The van der Waals surface area contributed by atoms with E-state index in [4.69, 9.17) is 11.6 Å². The molecule has 1 unspecified atom stereocenters. The molecule has 0 aliphatic rings. The molecule has 18 heavy (non-hydrogen) atoms. The van der Waals surface area contributed by atoms with E-state index in [2.05, 4.69) is 42.6 Å². The van der Waals surface area contributed by atoms with E-state index in [0.717, 1.165) is 23.6 Å². The molecule has 0 spiro atoms. The summed E-state index contributed by atoms with van der Waals surface area (Å²) in [7, 11) is 0. The minimum Gasteiger partial charge on any atom is -0.310 e. The van der Waals surface area contributed by atoms with Gasteiger partial charge in [-0.15, -0.1) is 0 Å². The largest absolute Gasteiger partial charge is 0.310 e. The molecule has 2 heteroatoms. The SMILES string of the molecule is CC(NCCc1ccccc1)c1ccccc1Cl. The van der Waals surface area contributed by atoms with Crippen LogP contribution in [0.25, 0.3) is 0 Å². The lowest BCUT2D eigenvalue weighted by molar-refractivity contribution is 0.577. The molecule has 1 N–H and O–H groups in total. The number of rotatable bonds is 5. The number of benzene rings is 2. The Hall–Kier alpha value is -1.31. The van der Waals surface area contributed by atoms with E-state index >= 15 is 0 Å². The molecular weight excluding hydrogens is 242 g/mol. The second-order valence-electron chi connectivity index (χ2n) is 4.43. The number of hydrogen-bond donors (Lipinski definition) is 1. The molecule has 1 atom stereocenters. The van der Waals surface area contributed by atoms with Crippen LogP contribution in [-0.4, -0.2) is 6.54 Å². The lowest BCUT2D eigenvalue weighted by Gasteiger charge is -2.15. The van der Waals surface area contributed by atoms with Crippen LogP contribution in [0.2, 0.25) is 5.02 Å². The fourth-order valence-electron chi connectivity index (χ4n) is 2.01. The Balaban J connectivity index is 1.86. The molecule has 2 aromatic carbocycles. The van der Waals surface area contributed by atoms with E-state index in [1.165, 1.54) is 5.56 Å². The highest BCUT2D eigenvalue weighted by molar-refractivity contribution is 6.31. The third-order valence-corrected chi connectivity index (χ3v) is 3.42. The maximum absolute atomic E-state index is 6.18. The highest BCUT2D eigenvalue weighted by atomic mass is 35.5. The summed E-state index contributed by atoms with van der Waals surface area (Å²) < 4.78 is 0. The second-order valence-corrected chi connectivity index (χ2v) is 4.84. The van der Waals surface area contributed by atoms with Gasteiger partial charge in [0.25, 0.3) is 0 Å². The van der Waals surface area contributed by atoms with Crippen molar-refractivity contribution in [2.45, 2.75) is 19.4 Å². The normalized spacial score (nSPS) is 12.3. The van der Waals surface area contributed by atoms with Crippen molar-refractivity contribution in [3.05, 3.63) is 70.7 Å². The molecular formula is C16H18ClN. The highest BCUT2D eigenvalue weighted by Gasteiger charge is 2.07. The minimum atomic E-state index is 0.280. The molecule has 0 saturated heterocycles. The van der Waals surface area contributed by atoms with Gasteiger partial charge in [-0.1, -0.05) is 60.1 Å². The van der Waals surface area contributed by atoms with Crippen LogP contribution in [-0.2, 0) is 6.42 Å². The zero-order chi connectivity index (χ0) is 12.8. The molecule has 0 amide bonds. The zero-order valence-electron chi connectivity index (χ0n) is 10.6. The van der Waals surface area contributed by atoms with Gasteiger partial charge >= 0.3 is 0 Å². The smallest absolute Gasteiger partial charge is 0.0453 e. The van der Waals surface area contributed by atoms with Crippen molar-refractivity contribution in [2.75, 3.05) is 6.54 Å². The maximum atomic E-state index is 6.18. The fourth-order valence-corrected chi connectivity index (χ4v) is 2.31. The summed E-state index contributed by atoms with van der Waals surface area (Å²) in [5, 5.41) is 4.33. The average Bonchev–Trinajstić information content (AvgIpc) is 2.40. The molecule has 0 aliphatic heterocycles. The predicted octanol–water partition coefficient (Wildman–Crippen LogP) is 4.23. The highest BCUT2D eigenvalue weighted by Crippen LogP contribution is 2.21. The zero-order valence-corrected chi connectivity index (χ0v) is 11.3. The van der Waals surface area contributed by atoms with E-state index in [0.29, 0.717) is 0 Å². The summed E-state index contributed by atoms with van der Waals surface area (Å²) in [5.41, 5.74) is 2.52. The molecule has 2 rings (SSSR count). The van der Waals surface area contributed by atoms with Gasteiger partial charge in [0.1, 0.15) is 0 Å². The molecule has 0 bridgehead atoms. The lowest BCUT2D eigenvalue weighted by Crippen LogP contribution is -2.21. The predicted molar refractivity (Wildman–Crippen MR) is 78.0 cm³/mol. The Morgan fingerprint density at radius 2 is 1.67 bits per heavy atom. The quantitative estimate of drug-likeness (QED) is 0.847. The van der Waals surface area contributed by atoms with Crippen molar-refractivity contribution in [1.29, 1.82) is 0 Å². The van der Waals surface area contributed by atoms with Gasteiger partial charge in [0.2, 0.25) is 0 Å². The third-order valence-electron chi connectivity index (χ3n) is 3.08. The summed E-state index contributed by atoms with van der Waals surface area (Å²) in [6.07, 6.45) is 1.04. The summed E-state index contributed by atoms with van der Waals surface area (Å²) >= 11 is 6.18. The van der Waals surface area contributed by atoms with Crippen molar-refractivity contribution in [3.8, 4) is 0 Å². The van der Waals surface area contributed by atoms with Crippen LogP contribution in [0, 0.1) is 0 Å². The van der Waals surface area contributed by atoms with Crippen molar-refractivity contribution >= 4 is 11.6 Å². The molecule has 0 aromatic heterocycles. The summed E-state index contributed by atoms with van der Waals surface area (Å²) in [5.74, 6) is 0.